The van der Waals surface area contributed by atoms with Crippen LogP contribution < -0.4 is 16.3 Å². The van der Waals surface area contributed by atoms with Crippen molar-refractivity contribution in [1.82, 2.24) is 4.90 Å². The first kappa shape index (κ1) is 12.1. The van der Waals surface area contributed by atoms with Crippen LogP contribution in [0.2, 0.25) is 0 Å². The Morgan fingerprint density at radius 2 is 2.15 bits per heavy atom. The molecule has 2 N–H and O–H groups in total. The number of nitrogens with two attached hydrogens (primary N) is 1. The Morgan fingerprint density at radius 3 is 2.95 bits per heavy atom. The third-order valence-electron chi connectivity index (χ3n) is 4.14. The second-order valence-corrected chi connectivity index (χ2v) is 6.47. The van der Waals surface area contributed by atoms with Crippen LogP contribution in [0.3, 0.4) is 0 Å². The lowest BCUT2D eigenvalue weighted by molar-refractivity contribution is 0.172. The van der Waals surface area contributed by atoms with E-state index in [1.165, 1.54) is 30.0 Å². The highest BCUT2D eigenvalue weighted by atomic mass is 32.1. The minimum Gasteiger partial charge on any atom is -0.398 e. The van der Waals surface area contributed by atoms with Crippen LogP contribution in [-0.4, -0.2) is 18.0 Å². The van der Waals surface area contributed by atoms with Gasteiger partial charge in [-0.25, -0.2) is 0 Å². The Morgan fingerprint density at radius 1 is 1.25 bits per heavy atom. The molecule has 1 saturated heterocycles. The molecule has 2 aliphatic heterocycles. The number of nitrogens with zero attached hydrogens (tertiary/aromatic N) is 2. The predicted molar refractivity (Wildman–Crippen MR) is 81.8 cm³/mol. The van der Waals surface area contributed by atoms with E-state index < -0.39 is 0 Å². The fraction of sp³-hybridized carbons (Fsp3) is 0.312. The van der Waals surface area contributed by atoms with Gasteiger partial charge in [-0.1, -0.05) is 12.1 Å². The van der Waals surface area contributed by atoms with Crippen molar-refractivity contribution in [3.8, 4) is 0 Å². The molecule has 0 atom stereocenters. The van der Waals surface area contributed by atoms with Gasteiger partial charge in [0.05, 0.1) is 11.9 Å². The van der Waals surface area contributed by atoms with Gasteiger partial charge in [-0.2, -0.15) is 0 Å². The number of benzene rings is 1. The van der Waals surface area contributed by atoms with Crippen LogP contribution in [0.5, 0.6) is 0 Å². The second kappa shape index (κ2) is 4.72. The second-order valence-electron chi connectivity index (χ2n) is 5.47. The standard InChI is InChI=1S/C16H17N3S/c17-16-12-3-2-11(10-19-5-1-6-19)8-14(12)18-9-15-13(16)4-7-20-15/h2-4,7-8H,1,5-6,9-10,17H2. The third kappa shape index (κ3) is 1.96. The molecule has 2 aromatic rings. The van der Waals surface area contributed by atoms with Crippen molar-refractivity contribution in [2.45, 2.75) is 19.5 Å². The van der Waals surface area contributed by atoms with Crippen molar-refractivity contribution in [2.75, 3.05) is 13.1 Å². The van der Waals surface area contributed by atoms with E-state index in [-0.39, 0.29) is 0 Å². The third-order valence-corrected chi connectivity index (χ3v) is 5.04. The summed E-state index contributed by atoms with van der Waals surface area (Å²) >= 11 is 1.74. The fourth-order valence-corrected chi connectivity index (χ4v) is 3.65. The van der Waals surface area contributed by atoms with E-state index in [2.05, 4.69) is 34.5 Å². The number of hydrogen-bond acceptors (Lipinski definition) is 4. The molecule has 0 bridgehead atoms. The highest BCUT2D eigenvalue weighted by Gasteiger charge is 2.15. The van der Waals surface area contributed by atoms with E-state index in [9.17, 15) is 0 Å². The average Bonchev–Trinajstić information content (AvgIpc) is 2.84. The lowest BCUT2D eigenvalue weighted by Gasteiger charge is -2.30. The van der Waals surface area contributed by atoms with Crippen LogP contribution >= 0.6 is 11.3 Å². The minimum absolute atomic E-state index is 0.744. The minimum atomic E-state index is 0.744. The lowest BCUT2D eigenvalue weighted by Crippen LogP contribution is -2.37. The normalized spacial score (nSPS) is 17.7. The van der Waals surface area contributed by atoms with Crippen LogP contribution in [0.1, 0.15) is 22.4 Å². The molecule has 0 unspecified atom stereocenters. The Kier molecular flexibility index (Phi) is 2.86. The van der Waals surface area contributed by atoms with E-state index in [0.29, 0.717) is 0 Å². The van der Waals surface area contributed by atoms with Crippen molar-refractivity contribution < 1.29 is 0 Å². The van der Waals surface area contributed by atoms with Gasteiger partial charge in [-0.05, 0) is 42.6 Å². The zero-order chi connectivity index (χ0) is 13.5. The molecule has 0 saturated carbocycles. The monoisotopic (exact) mass is 283 g/mol. The molecule has 102 valence electrons. The average molecular weight is 283 g/mol. The summed E-state index contributed by atoms with van der Waals surface area (Å²) < 4.78 is 0. The maximum atomic E-state index is 6.34. The van der Waals surface area contributed by atoms with Gasteiger partial charge in [0.1, 0.15) is 0 Å². The first-order valence-electron chi connectivity index (χ1n) is 7.03. The Hall–Kier alpha value is -1.65. The quantitative estimate of drug-likeness (QED) is 0.900. The van der Waals surface area contributed by atoms with Gasteiger partial charge in [0.2, 0.25) is 0 Å². The summed E-state index contributed by atoms with van der Waals surface area (Å²) in [6.45, 7) is 4.22. The van der Waals surface area contributed by atoms with E-state index in [1.807, 2.05) is 0 Å². The summed E-state index contributed by atoms with van der Waals surface area (Å²) in [6, 6.07) is 8.64. The zero-order valence-electron chi connectivity index (χ0n) is 11.3. The molecule has 4 heteroatoms. The molecule has 0 aliphatic carbocycles. The van der Waals surface area contributed by atoms with Crippen LogP contribution in [0.15, 0.2) is 34.6 Å². The van der Waals surface area contributed by atoms with Gasteiger partial charge in [-0.15, -0.1) is 11.3 Å². The first-order valence-corrected chi connectivity index (χ1v) is 7.91. The maximum Gasteiger partial charge on any atom is 0.0746 e. The topological polar surface area (TPSA) is 41.6 Å². The Labute approximate surface area is 122 Å². The molecule has 4 rings (SSSR count). The summed E-state index contributed by atoms with van der Waals surface area (Å²) in [7, 11) is 0. The maximum absolute atomic E-state index is 6.34. The molecule has 1 aromatic carbocycles. The molecule has 1 fully saturated rings. The van der Waals surface area contributed by atoms with Crippen LogP contribution in [0.25, 0.3) is 5.70 Å². The fourth-order valence-electron chi connectivity index (χ4n) is 2.84. The van der Waals surface area contributed by atoms with Crippen molar-refractivity contribution in [1.29, 1.82) is 0 Å². The van der Waals surface area contributed by atoms with Crippen molar-refractivity contribution >= 4 is 17.0 Å². The van der Waals surface area contributed by atoms with E-state index in [0.717, 1.165) is 34.9 Å². The van der Waals surface area contributed by atoms with Crippen LogP contribution in [-0.2, 0) is 13.1 Å². The molecule has 3 heterocycles. The summed E-state index contributed by atoms with van der Waals surface area (Å²) in [5.41, 5.74) is 9.71. The number of thiophene rings is 1. The number of hydrogen-bond donors (Lipinski definition) is 1. The number of rotatable bonds is 2. The first-order chi connectivity index (χ1) is 9.81. The van der Waals surface area contributed by atoms with Crippen molar-refractivity contribution in [3.63, 3.8) is 0 Å². The molecule has 0 radical (unpaired) electrons. The van der Waals surface area contributed by atoms with Gasteiger partial charge in [0.15, 0.2) is 0 Å². The summed E-state index contributed by atoms with van der Waals surface area (Å²) in [6.07, 6.45) is 1.33. The SMILES string of the molecule is NC1=c2ccc(CN3CCC3)cc2=NCc2sccc21. The molecule has 0 amide bonds. The van der Waals surface area contributed by atoms with Gasteiger partial charge in [0, 0.05) is 27.9 Å². The Balaban J connectivity index is 1.81. The summed E-state index contributed by atoms with van der Waals surface area (Å²) in [5, 5.41) is 4.22. The van der Waals surface area contributed by atoms with Crippen LogP contribution in [0, 0.1) is 0 Å². The molecular formula is C16H17N3S. The number of likely N-dealkylation sites (tertiary alicyclic amines) is 1. The Bertz CT molecular complexity index is 771. The van der Waals surface area contributed by atoms with Crippen molar-refractivity contribution in [2.24, 2.45) is 10.7 Å². The summed E-state index contributed by atoms with van der Waals surface area (Å²) in [5.74, 6) is 0. The smallest absolute Gasteiger partial charge is 0.0746 e. The highest BCUT2D eigenvalue weighted by molar-refractivity contribution is 7.10. The van der Waals surface area contributed by atoms with Crippen LogP contribution in [0.4, 0.5) is 0 Å². The predicted octanol–water partition coefficient (Wildman–Crippen LogP) is 1.20. The van der Waals surface area contributed by atoms with Gasteiger partial charge >= 0.3 is 0 Å². The van der Waals surface area contributed by atoms with Gasteiger partial charge in [-0.3, -0.25) is 9.89 Å². The molecule has 2 aliphatic rings. The van der Waals surface area contributed by atoms with E-state index >= 15 is 0 Å². The number of fused-ring (bicyclic) bond motifs is 2. The molecule has 20 heavy (non-hydrogen) atoms. The molecule has 0 spiro atoms. The zero-order valence-corrected chi connectivity index (χ0v) is 12.1. The largest absolute Gasteiger partial charge is 0.398 e. The van der Waals surface area contributed by atoms with Gasteiger partial charge < -0.3 is 5.73 Å². The molecular weight excluding hydrogens is 266 g/mol. The van der Waals surface area contributed by atoms with Gasteiger partial charge in [0.25, 0.3) is 0 Å². The lowest BCUT2D eigenvalue weighted by atomic mass is 10.1. The highest BCUT2D eigenvalue weighted by Crippen LogP contribution is 2.22. The van der Waals surface area contributed by atoms with E-state index in [1.54, 1.807) is 11.3 Å². The van der Waals surface area contributed by atoms with Crippen molar-refractivity contribution in [3.05, 3.63) is 56.2 Å². The molecule has 1 aromatic heterocycles. The van der Waals surface area contributed by atoms with E-state index in [4.69, 9.17) is 10.7 Å². The summed E-state index contributed by atoms with van der Waals surface area (Å²) in [4.78, 5) is 8.48. The molecule has 3 nitrogen and oxygen atoms in total.